The van der Waals surface area contributed by atoms with Crippen LogP contribution in [0.25, 0.3) is 0 Å². The van der Waals surface area contributed by atoms with Gasteiger partial charge in [0.25, 0.3) is 0 Å². The van der Waals surface area contributed by atoms with E-state index in [2.05, 4.69) is 5.32 Å². The monoisotopic (exact) mass is 318 g/mol. The summed E-state index contributed by atoms with van der Waals surface area (Å²) in [6, 6.07) is 6.51. The van der Waals surface area contributed by atoms with Crippen LogP contribution in [0.3, 0.4) is 0 Å². The van der Waals surface area contributed by atoms with Gasteiger partial charge in [0.15, 0.2) is 0 Å². The molecule has 2 aliphatic rings. The van der Waals surface area contributed by atoms with Crippen molar-refractivity contribution >= 4 is 11.8 Å². The molecule has 2 fully saturated rings. The molecule has 1 saturated carbocycles. The number of hydrogen-bond acceptors (Lipinski definition) is 2. The number of hydrogen-bond donors (Lipinski definition) is 1. The molecule has 0 spiro atoms. The zero-order valence-electron chi connectivity index (χ0n) is 13.3. The van der Waals surface area contributed by atoms with Gasteiger partial charge in [0.05, 0.1) is 0 Å². The number of aryl methyl sites for hydroxylation is 1. The van der Waals surface area contributed by atoms with Crippen molar-refractivity contribution in [3.63, 3.8) is 0 Å². The molecule has 1 aliphatic carbocycles. The fraction of sp³-hybridized carbons (Fsp3) is 0.556. The standard InChI is InChI=1S/C18H23FN2O2/c19-15-6-1-13(2-7-15)3-8-17(22)21-11-9-16(10-12-21)20-18(23)14-4-5-14/h1-2,6-7,14,16H,3-5,8-12H2,(H,20,23). The Hall–Kier alpha value is -1.91. The van der Waals surface area contributed by atoms with E-state index in [0.717, 1.165) is 31.2 Å². The van der Waals surface area contributed by atoms with Crippen molar-refractivity contribution in [1.29, 1.82) is 0 Å². The molecule has 1 heterocycles. The van der Waals surface area contributed by atoms with E-state index in [1.54, 1.807) is 12.1 Å². The number of nitrogens with zero attached hydrogens (tertiary/aromatic N) is 1. The fourth-order valence-electron chi connectivity index (χ4n) is 3.00. The Morgan fingerprint density at radius 3 is 2.35 bits per heavy atom. The summed E-state index contributed by atoms with van der Waals surface area (Å²) in [5, 5.41) is 3.09. The number of piperidine rings is 1. The minimum atomic E-state index is -0.254. The molecular formula is C18H23FN2O2. The van der Waals surface area contributed by atoms with E-state index in [4.69, 9.17) is 0 Å². The molecule has 0 aromatic heterocycles. The molecule has 3 rings (SSSR count). The summed E-state index contributed by atoms with van der Waals surface area (Å²) in [7, 11) is 0. The van der Waals surface area contributed by atoms with Crippen molar-refractivity contribution in [2.75, 3.05) is 13.1 Å². The lowest BCUT2D eigenvalue weighted by Gasteiger charge is -2.32. The Balaban J connectivity index is 1.39. The van der Waals surface area contributed by atoms with Crippen LogP contribution in [0.4, 0.5) is 4.39 Å². The molecule has 124 valence electrons. The fourth-order valence-corrected chi connectivity index (χ4v) is 3.00. The van der Waals surface area contributed by atoms with Gasteiger partial charge in [-0.15, -0.1) is 0 Å². The van der Waals surface area contributed by atoms with E-state index >= 15 is 0 Å². The first-order valence-corrected chi connectivity index (χ1v) is 8.44. The Morgan fingerprint density at radius 1 is 1.09 bits per heavy atom. The summed E-state index contributed by atoms with van der Waals surface area (Å²) in [6.45, 7) is 1.41. The Morgan fingerprint density at radius 2 is 1.74 bits per heavy atom. The molecule has 2 amide bonds. The van der Waals surface area contributed by atoms with Crippen LogP contribution in [0.15, 0.2) is 24.3 Å². The lowest BCUT2D eigenvalue weighted by Crippen LogP contribution is -2.47. The summed E-state index contributed by atoms with van der Waals surface area (Å²) in [5.74, 6) is 0.313. The number of benzene rings is 1. The minimum Gasteiger partial charge on any atom is -0.353 e. The number of amides is 2. The van der Waals surface area contributed by atoms with E-state index in [-0.39, 0.29) is 29.6 Å². The molecule has 1 aromatic rings. The van der Waals surface area contributed by atoms with Crippen molar-refractivity contribution in [2.24, 2.45) is 5.92 Å². The van der Waals surface area contributed by atoms with Gasteiger partial charge in [-0.25, -0.2) is 4.39 Å². The first-order valence-electron chi connectivity index (χ1n) is 8.44. The molecule has 1 aromatic carbocycles. The maximum absolute atomic E-state index is 12.9. The Bertz CT molecular complexity index is 561. The van der Waals surface area contributed by atoms with Gasteiger partial charge in [-0.2, -0.15) is 0 Å². The van der Waals surface area contributed by atoms with E-state index < -0.39 is 0 Å². The molecule has 1 N–H and O–H groups in total. The van der Waals surface area contributed by atoms with Crippen LogP contribution in [-0.4, -0.2) is 35.8 Å². The predicted octanol–water partition coefficient (Wildman–Crippen LogP) is 2.28. The van der Waals surface area contributed by atoms with E-state index in [1.165, 1.54) is 12.1 Å². The molecule has 1 saturated heterocycles. The van der Waals surface area contributed by atoms with Gasteiger partial charge >= 0.3 is 0 Å². The zero-order chi connectivity index (χ0) is 16.2. The second-order valence-corrected chi connectivity index (χ2v) is 6.56. The molecule has 1 aliphatic heterocycles. The third-order valence-corrected chi connectivity index (χ3v) is 4.68. The van der Waals surface area contributed by atoms with Crippen molar-refractivity contribution in [1.82, 2.24) is 10.2 Å². The van der Waals surface area contributed by atoms with Crippen LogP contribution >= 0.6 is 0 Å². The Kier molecular flexibility index (Phi) is 4.94. The van der Waals surface area contributed by atoms with Crippen LogP contribution in [0.1, 0.15) is 37.7 Å². The average molecular weight is 318 g/mol. The normalized spacial score (nSPS) is 18.7. The number of carbonyl (C=O) groups is 2. The van der Waals surface area contributed by atoms with Crippen LogP contribution < -0.4 is 5.32 Å². The highest BCUT2D eigenvalue weighted by Crippen LogP contribution is 2.29. The third kappa shape index (κ3) is 4.53. The summed E-state index contributed by atoms with van der Waals surface area (Å²) in [6.07, 6.45) is 4.79. The number of carbonyl (C=O) groups excluding carboxylic acids is 2. The molecule has 0 bridgehead atoms. The third-order valence-electron chi connectivity index (χ3n) is 4.68. The smallest absolute Gasteiger partial charge is 0.223 e. The lowest BCUT2D eigenvalue weighted by atomic mass is 10.0. The SMILES string of the molecule is O=C(NC1CCN(C(=O)CCc2ccc(F)cc2)CC1)C1CC1. The van der Waals surface area contributed by atoms with Crippen molar-refractivity contribution in [3.8, 4) is 0 Å². The van der Waals surface area contributed by atoms with Gasteiger partial charge in [-0.1, -0.05) is 12.1 Å². The molecule has 4 nitrogen and oxygen atoms in total. The van der Waals surface area contributed by atoms with Crippen LogP contribution in [0, 0.1) is 11.7 Å². The van der Waals surface area contributed by atoms with Crippen molar-refractivity contribution in [3.05, 3.63) is 35.6 Å². The maximum Gasteiger partial charge on any atom is 0.223 e. The van der Waals surface area contributed by atoms with E-state index in [0.29, 0.717) is 25.9 Å². The predicted molar refractivity (Wildman–Crippen MR) is 85.2 cm³/mol. The van der Waals surface area contributed by atoms with Crippen molar-refractivity contribution in [2.45, 2.75) is 44.6 Å². The molecule has 0 radical (unpaired) electrons. The Labute approximate surface area is 136 Å². The first kappa shape index (κ1) is 16.0. The molecule has 0 atom stereocenters. The van der Waals surface area contributed by atoms with Gasteiger partial charge < -0.3 is 10.2 Å². The summed E-state index contributed by atoms with van der Waals surface area (Å²) >= 11 is 0. The highest BCUT2D eigenvalue weighted by atomic mass is 19.1. The number of likely N-dealkylation sites (tertiary alicyclic amines) is 1. The maximum atomic E-state index is 12.9. The van der Waals surface area contributed by atoms with Gasteiger partial charge in [0, 0.05) is 31.5 Å². The molecule has 23 heavy (non-hydrogen) atoms. The van der Waals surface area contributed by atoms with Gasteiger partial charge in [0.2, 0.25) is 11.8 Å². The highest BCUT2D eigenvalue weighted by molar-refractivity contribution is 5.81. The zero-order valence-corrected chi connectivity index (χ0v) is 13.3. The lowest BCUT2D eigenvalue weighted by molar-refractivity contribution is -0.132. The van der Waals surface area contributed by atoms with Gasteiger partial charge in [-0.05, 0) is 49.8 Å². The van der Waals surface area contributed by atoms with Gasteiger partial charge in [-0.3, -0.25) is 9.59 Å². The van der Waals surface area contributed by atoms with Crippen molar-refractivity contribution < 1.29 is 14.0 Å². The van der Waals surface area contributed by atoms with E-state index in [9.17, 15) is 14.0 Å². The highest BCUT2D eigenvalue weighted by Gasteiger charge is 2.32. The second-order valence-electron chi connectivity index (χ2n) is 6.56. The topological polar surface area (TPSA) is 49.4 Å². The first-order chi connectivity index (χ1) is 11.1. The number of halogens is 1. The average Bonchev–Trinajstić information content (AvgIpc) is 3.40. The number of nitrogens with one attached hydrogen (secondary N) is 1. The number of rotatable bonds is 5. The van der Waals surface area contributed by atoms with Crippen LogP contribution in [-0.2, 0) is 16.0 Å². The molecule has 0 unspecified atom stereocenters. The van der Waals surface area contributed by atoms with E-state index in [1.807, 2.05) is 4.90 Å². The molecular weight excluding hydrogens is 295 g/mol. The largest absolute Gasteiger partial charge is 0.353 e. The molecule has 5 heteroatoms. The summed E-state index contributed by atoms with van der Waals surface area (Å²) in [4.78, 5) is 25.9. The minimum absolute atomic E-state index is 0.140. The quantitative estimate of drug-likeness (QED) is 0.905. The summed E-state index contributed by atoms with van der Waals surface area (Å²) in [5.41, 5.74) is 0.978. The van der Waals surface area contributed by atoms with Gasteiger partial charge in [0.1, 0.15) is 5.82 Å². The summed E-state index contributed by atoms with van der Waals surface area (Å²) < 4.78 is 12.9. The van der Waals surface area contributed by atoms with Crippen LogP contribution in [0.2, 0.25) is 0 Å². The second kappa shape index (κ2) is 7.11. The van der Waals surface area contributed by atoms with Crippen LogP contribution in [0.5, 0.6) is 0 Å².